The van der Waals surface area contributed by atoms with E-state index in [0.717, 1.165) is 10.6 Å². The van der Waals surface area contributed by atoms with Gasteiger partial charge in [0.25, 0.3) is 5.69 Å². The summed E-state index contributed by atoms with van der Waals surface area (Å²) in [5, 5.41) is 10.9. The summed E-state index contributed by atoms with van der Waals surface area (Å²) >= 11 is 1.66. The summed E-state index contributed by atoms with van der Waals surface area (Å²) in [4.78, 5) is 29.0. The zero-order valence-electron chi connectivity index (χ0n) is 13.9. The van der Waals surface area contributed by atoms with E-state index in [2.05, 4.69) is 4.90 Å². The molecule has 3 rings (SSSR count). The molecule has 0 bridgehead atoms. The van der Waals surface area contributed by atoms with Crippen molar-refractivity contribution in [1.82, 2.24) is 4.90 Å². The third-order valence-electron chi connectivity index (χ3n) is 4.15. The normalized spacial score (nSPS) is 14.9. The molecule has 6 nitrogen and oxygen atoms in total. The predicted molar refractivity (Wildman–Crippen MR) is 100.0 cm³/mol. The van der Waals surface area contributed by atoms with Crippen molar-refractivity contribution in [2.75, 3.05) is 31.1 Å². The minimum Gasteiger partial charge on any atom is -0.368 e. The second-order valence-electron chi connectivity index (χ2n) is 5.87. The van der Waals surface area contributed by atoms with Crippen molar-refractivity contribution in [3.8, 4) is 0 Å². The molecule has 0 unspecified atom stereocenters. The van der Waals surface area contributed by atoms with E-state index in [1.54, 1.807) is 29.5 Å². The van der Waals surface area contributed by atoms with Gasteiger partial charge in [0, 0.05) is 59.8 Å². The van der Waals surface area contributed by atoms with Crippen LogP contribution in [-0.4, -0.2) is 41.9 Å². The minimum atomic E-state index is -0.389. The average molecular weight is 357 g/mol. The number of aryl methyl sites for hydroxylation is 1. The minimum absolute atomic E-state index is 0.00439. The molecule has 1 aliphatic heterocycles. The number of rotatable bonds is 4. The molecule has 1 amide bonds. The van der Waals surface area contributed by atoms with Crippen molar-refractivity contribution in [3.63, 3.8) is 0 Å². The number of non-ortho nitro benzene ring substituents is 1. The summed E-state index contributed by atoms with van der Waals surface area (Å²) in [7, 11) is 0. The summed E-state index contributed by atoms with van der Waals surface area (Å²) in [6.45, 7) is 4.58. The summed E-state index contributed by atoms with van der Waals surface area (Å²) in [6.07, 6.45) is 3.47. The van der Waals surface area contributed by atoms with Gasteiger partial charge in [-0.2, -0.15) is 0 Å². The van der Waals surface area contributed by atoms with E-state index < -0.39 is 0 Å². The van der Waals surface area contributed by atoms with E-state index >= 15 is 0 Å². The predicted octanol–water partition coefficient (Wildman–Crippen LogP) is 3.33. The molecule has 1 aromatic carbocycles. The molecule has 0 N–H and O–H groups in total. The van der Waals surface area contributed by atoms with Gasteiger partial charge < -0.3 is 9.80 Å². The molecule has 1 aromatic heterocycles. The molecular formula is C18H19N3O3S. The van der Waals surface area contributed by atoms with Crippen molar-refractivity contribution < 1.29 is 9.72 Å². The summed E-state index contributed by atoms with van der Waals surface area (Å²) in [6, 6.07) is 10.7. The zero-order valence-corrected chi connectivity index (χ0v) is 14.7. The highest BCUT2D eigenvalue weighted by molar-refractivity contribution is 7.12. The van der Waals surface area contributed by atoms with Crippen LogP contribution in [0, 0.1) is 17.0 Å². The molecule has 25 heavy (non-hydrogen) atoms. The van der Waals surface area contributed by atoms with Gasteiger partial charge in [-0.15, -0.1) is 11.3 Å². The van der Waals surface area contributed by atoms with Crippen LogP contribution in [0.3, 0.4) is 0 Å². The Labute approximate surface area is 150 Å². The van der Waals surface area contributed by atoms with Crippen molar-refractivity contribution in [3.05, 3.63) is 62.3 Å². The highest BCUT2D eigenvalue weighted by Crippen LogP contribution is 2.22. The Hall–Kier alpha value is -2.67. The van der Waals surface area contributed by atoms with Gasteiger partial charge in [-0.3, -0.25) is 14.9 Å². The highest BCUT2D eigenvalue weighted by atomic mass is 32.1. The number of nitro groups is 1. The van der Waals surface area contributed by atoms with E-state index in [9.17, 15) is 14.9 Å². The fourth-order valence-corrected chi connectivity index (χ4v) is 3.57. The van der Waals surface area contributed by atoms with Gasteiger partial charge in [0.05, 0.1) is 4.92 Å². The van der Waals surface area contributed by atoms with Crippen molar-refractivity contribution >= 4 is 34.7 Å². The number of thiophene rings is 1. The lowest BCUT2D eigenvalue weighted by molar-refractivity contribution is -0.384. The first-order valence-electron chi connectivity index (χ1n) is 8.06. The molecule has 0 spiro atoms. The van der Waals surface area contributed by atoms with Gasteiger partial charge >= 0.3 is 0 Å². The fraction of sp³-hybridized carbons (Fsp3) is 0.278. The number of carbonyl (C=O) groups is 1. The summed E-state index contributed by atoms with van der Waals surface area (Å²) < 4.78 is 0. The second-order valence-corrected chi connectivity index (χ2v) is 7.19. The number of hydrogen-bond donors (Lipinski definition) is 0. The Morgan fingerprint density at radius 2 is 1.96 bits per heavy atom. The lowest BCUT2D eigenvalue weighted by Crippen LogP contribution is -2.48. The van der Waals surface area contributed by atoms with Crippen LogP contribution in [0.2, 0.25) is 0 Å². The number of anilines is 1. The maximum atomic E-state index is 12.3. The Balaban J connectivity index is 1.58. The largest absolute Gasteiger partial charge is 0.368 e. The number of amides is 1. The lowest BCUT2D eigenvalue weighted by atomic mass is 10.2. The van der Waals surface area contributed by atoms with Gasteiger partial charge in [0.1, 0.15) is 0 Å². The van der Waals surface area contributed by atoms with E-state index in [0.29, 0.717) is 26.2 Å². The van der Waals surface area contributed by atoms with Crippen LogP contribution in [-0.2, 0) is 4.79 Å². The number of nitro benzene ring substituents is 1. The monoisotopic (exact) mass is 357 g/mol. The van der Waals surface area contributed by atoms with Crippen LogP contribution in [0.4, 0.5) is 11.4 Å². The lowest BCUT2D eigenvalue weighted by Gasteiger charge is -2.35. The standard InChI is InChI=1S/C18H19N3O3S/c1-14-5-6-17(25-14)7-8-18(22)20-11-9-19(10-12-20)15-3-2-4-16(13-15)21(23)24/h2-8,13H,9-12H2,1H3/b8-7+. The molecule has 2 heterocycles. The summed E-state index contributed by atoms with van der Waals surface area (Å²) in [5.74, 6) is 0.00439. The number of piperazine rings is 1. The van der Waals surface area contributed by atoms with Crippen LogP contribution in [0.1, 0.15) is 9.75 Å². The first-order chi connectivity index (χ1) is 12.0. The van der Waals surface area contributed by atoms with Gasteiger partial charge in [-0.1, -0.05) is 6.07 Å². The SMILES string of the molecule is Cc1ccc(/C=C/C(=O)N2CCN(c3cccc([N+](=O)[O-])c3)CC2)s1. The van der Waals surface area contributed by atoms with Crippen LogP contribution in [0.25, 0.3) is 6.08 Å². The maximum Gasteiger partial charge on any atom is 0.271 e. The molecule has 0 aliphatic carbocycles. The van der Waals surface area contributed by atoms with E-state index in [4.69, 9.17) is 0 Å². The molecule has 0 atom stereocenters. The van der Waals surface area contributed by atoms with E-state index in [-0.39, 0.29) is 16.5 Å². The number of benzene rings is 1. The van der Waals surface area contributed by atoms with Crippen molar-refractivity contribution in [2.45, 2.75) is 6.92 Å². The maximum absolute atomic E-state index is 12.3. The first-order valence-corrected chi connectivity index (χ1v) is 8.87. The molecular weight excluding hydrogens is 338 g/mol. The molecule has 0 saturated carbocycles. The van der Waals surface area contributed by atoms with Gasteiger partial charge in [0.15, 0.2) is 0 Å². The molecule has 0 radical (unpaired) electrons. The van der Waals surface area contributed by atoms with Crippen LogP contribution in [0.15, 0.2) is 42.5 Å². The second kappa shape index (κ2) is 7.48. The molecule has 2 aromatic rings. The highest BCUT2D eigenvalue weighted by Gasteiger charge is 2.20. The van der Waals surface area contributed by atoms with E-state index in [1.165, 1.54) is 10.9 Å². The molecule has 1 fully saturated rings. The molecule has 130 valence electrons. The fourth-order valence-electron chi connectivity index (χ4n) is 2.79. The van der Waals surface area contributed by atoms with Gasteiger partial charge in [-0.05, 0) is 31.2 Å². The van der Waals surface area contributed by atoms with Gasteiger partial charge in [0.2, 0.25) is 5.91 Å². The molecule has 1 aliphatic rings. The first kappa shape index (κ1) is 17.2. The smallest absolute Gasteiger partial charge is 0.271 e. The number of hydrogen-bond acceptors (Lipinski definition) is 5. The molecule has 7 heteroatoms. The number of carbonyl (C=O) groups excluding carboxylic acids is 1. The van der Waals surface area contributed by atoms with Crippen molar-refractivity contribution in [1.29, 1.82) is 0 Å². The Morgan fingerprint density at radius 3 is 2.60 bits per heavy atom. The topological polar surface area (TPSA) is 66.7 Å². The van der Waals surface area contributed by atoms with Crippen LogP contribution < -0.4 is 4.90 Å². The Morgan fingerprint density at radius 1 is 1.20 bits per heavy atom. The van der Waals surface area contributed by atoms with Gasteiger partial charge in [-0.25, -0.2) is 0 Å². The molecule has 1 saturated heterocycles. The van der Waals surface area contributed by atoms with E-state index in [1.807, 2.05) is 36.1 Å². The Bertz CT molecular complexity index is 807. The third-order valence-corrected chi connectivity index (χ3v) is 5.11. The van der Waals surface area contributed by atoms with Crippen LogP contribution >= 0.6 is 11.3 Å². The average Bonchev–Trinajstić information content (AvgIpc) is 3.05. The third kappa shape index (κ3) is 4.24. The summed E-state index contributed by atoms with van der Waals surface area (Å²) in [5.41, 5.74) is 0.913. The van der Waals surface area contributed by atoms with Crippen LogP contribution in [0.5, 0.6) is 0 Å². The quantitative estimate of drug-likeness (QED) is 0.478. The Kier molecular flexibility index (Phi) is 5.14. The zero-order chi connectivity index (χ0) is 17.8. The van der Waals surface area contributed by atoms with Crippen molar-refractivity contribution in [2.24, 2.45) is 0 Å². The number of nitrogens with zero attached hydrogens (tertiary/aromatic N) is 3.